The quantitative estimate of drug-likeness (QED) is 0.402. The summed E-state index contributed by atoms with van der Waals surface area (Å²) in [5, 5.41) is 0.421. The molecule has 0 N–H and O–H groups in total. The van der Waals surface area contributed by atoms with Gasteiger partial charge in [0.15, 0.2) is 15.5 Å². The molecule has 2 aromatic heterocycles. The van der Waals surface area contributed by atoms with Gasteiger partial charge in [-0.25, -0.2) is 18.4 Å². The van der Waals surface area contributed by atoms with Gasteiger partial charge in [0.05, 0.1) is 21.9 Å². The van der Waals surface area contributed by atoms with Gasteiger partial charge in [0.2, 0.25) is 0 Å². The molecule has 3 rings (SSSR count). The van der Waals surface area contributed by atoms with E-state index in [9.17, 15) is 8.42 Å². The normalized spacial score (nSPS) is 12.6. The molecule has 0 radical (unpaired) electrons. The Kier molecular flexibility index (Phi) is 5.95. The van der Waals surface area contributed by atoms with Crippen LogP contribution in [-0.2, 0) is 21.3 Å². The molecule has 0 aliphatic carbocycles. The summed E-state index contributed by atoms with van der Waals surface area (Å²) >= 11 is 6.41. The Hall–Kier alpha value is -1.74. The zero-order chi connectivity index (χ0) is 20.5. The average Bonchev–Trinajstić information content (AvgIpc) is 3.01. The van der Waals surface area contributed by atoms with Crippen LogP contribution in [-0.4, -0.2) is 43.9 Å². The molecule has 9 heteroatoms. The lowest BCUT2D eigenvalue weighted by Gasteiger charge is -2.15. The number of sulfone groups is 1. The van der Waals surface area contributed by atoms with Crippen molar-refractivity contribution in [3.63, 3.8) is 0 Å². The Labute approximate surface area is 171 Å². The Morgan fingerprint density at radius 1 is 1.21 bits per heavy atom. The maximum Gasteiger partial charge on any atom is 0.176 e. The molecule has 1 aromatic carbocycles. The standard InChI is InChI=1S/C19H24ClN3O3SSi/c1-27(24,25)17-8-6-5-7-14(17)16-11-15(20)18-19(22-16)23(12-21-18)13-26-9-10-28(2,3)4/h5-8,11-12H,9-10,13H2,1-4H3. The maximum atomic E-state index is 12.2. The first-order chi connectivity index (χ1) is 13.1. The Morgan fingerprint density at radius 3 is 2.61 bits per heavy atom. The van der Waals surface area contributed by atoms with Crippen LogP contribution in [0.15, 0.2) is 41.6 Å². The van der Waals surface area contributed by atoms with E-state index in [-0.39, 0.29) is 4.90 Å². The predicted octanol–water partition coefficient (Wildman–Crippen LogP) is 4.47. The van der Waals surface area contributed by atoms with Crippen molar-refractivity contribution in [1.82, 2.24) is 14.5 Å². The SMILES string of the molecule is C[Si](C)(C)CCOCn1cnc2c(Cl)cc(-c3ccccc3S(C)(=O)=O)nc21. The van der Waals surface area contributed by atoms with Crippen LogP contribution in [0.4, 0.5) is 0 Å². The van der Waals surface area contributed by atoms with E-state index < -0.39 is 17.9 Å². The molecule has 0 aliphatic heterocycles. The molecule has 2 heterocycles. The van der Waals surface area contributed by atoms with E-state index >= 15 is 0 Å². The summed E-state index contributed by atoms with van der Waals surface area (Å²) in [6, 6.07) is 9.49. The molecular weight excluding hydrogens is 414 g/mol. The van der Waals surface area contributed by atoms with Gasteiger partial charge in [0, 0.05) is 26.5 Å². The van der Waals surface area contributed by atoms with Crippen molar-refractivity contribution in [3.8, 4) is 11.3 Å². The number of rotatable bonds is 7. The number of nitrogens with zero attached hydrogens (tertiary/aromatic N) is 3. The molecule has 0 unspecified atom stereocenters. The smallest absolute Gasteiger partial charge is 0.176 e. The van der Waals surface area contributed by atoms with Crippen LogP contribution in [0, 0.1) is 0 Å². The number of hydrogen-bond acceptors (Lipinski definition) is 5. The first-order valence-corrected chi connectivity index (χ1v) is 14.9. The number of ether oxygens (including phenoxy) is 1. The molecule has 0 fully saturated rings. The fourth-order valence-electron chi connectivity index (χ4n) is 2.77. The highest BCUT2D eigenvalue weighted by Gasteiger charge is 2.18. The summed E-state index contributed by atoms with van der Waals surface area (Å²) in [7, 11) is -4.57. The highest BCUT2D eigenvalue weighted by atomic mass is 35.5. The first-order valence-electron chi connectivity index (χ1n) is 8.95. The van der Waals surface area contributed by atoms with Crippen molar-refractivity contribution in [2.45, 2.75) is 37.3 Å². The van der Waals surface area contributed by atoms with Crippen molar-refractivity contribution in [2.75, 3.05) is 12.9 Å². The minimum Gasteiger partial charge on any atom is -0.361 e. The molecule has 0 saturated carbocycles. The van der Waals surface area contributed by atoms with Gasteiger partial charge in [-0.2, -0.15) is 0 Å². The number of pyridine rings is 1. The van der Waals surface area contributed by atoms with Crippen molar-refractivity contribution in [2.24, 2.45) is 0 Å². The Bertz CT molecular complexity index is 1110. The number of halogens is 1. The second-order valence-corrected chi connectivity index (χ2v) is 16.0. The third-order valence-corrected chi connectivity index (χ3v) is 7.46. The number of imidazole rings is 1. The van der Waals surface area contributed by atoms with Gasteiger partial charge in [-0.05, 0) is 18.2 Å². The van der Waals surface area contributed by atoms with E-state index in [0.717, 1.165) is 6.04 Å². The molecule has 0 bridgehead atoms. The van der Waals surface area contributed by atoms with Crippen molar-refractivity contribution < 1.29 is 13.2 Å². The van der Waals surface area contributed by atoms with E-state index in [1.165, 1.54) is 6.26 Å². The predicted molar refractivity (Wildman–Crippen MR) is 115 cm³/mol. The van der Waals surface area contributed by atoms with E-state index in [2.05, 4.69) is 29.6 Å². The van der Waals surface area contributed by atoms with Crippen molar-refractivity contribution in [1.29, 1.82) is 0 Å². The molecule has 0 atom stereocenters. The van der Waals surface area contributed by atoms with E-state index in [4.69, 9.17) is 16.3 Å². The van der Waals surface area contributed by atoms with Gasteiger partial charge >= 0.3 is 0 Å². The van der Waals surface area contributed by atoms with Gasteiger partial charge < -0.3 is 4.74 Å². The Morgan fingerprint density at radius 2 is 1.93 bits per heavy atom. The monoisotopic (exact) mass is 437 g/mol. The van der Waals surface area contributed by atoms with E-state index in [1.54, 1.807) is 41.2 Å². The molecule has 3 aromatic rings. The Balaban J connectivity index is 1.97. The minimum absolute atomic E-state index is 0.218. The number of hydrogen-bond donors (Lipinski definition) is 0. The summed E-state index contributed by atoms with van der Waals surface area (Å²) in [4.78, 5) is 9.20. The second kappa shape index (κ2) is 7.94. The fourth-order valence-corrected chi connectivity index (χ4v) is 4.66. The van der Waals surface area contributed by atoms with Crippen LogP contribution >= 0.6 is 11.6 Å². The molecule has 0 aliphatic rings. The first kappa shape index (κ1) is 21.0. The zero-order valence-corrected chi connectivity index (χ0v) is 19.0. The molecule has 28 heavy (non-hydrogen) atoms. The van der Waals surface area contributed by atoms with Gasteiger partial charge in [-0.1, -0.05) is 49.4 Å². The fraction of sp³-hybridized carbons (Fsp3) is 0.368. The molecular formula is C19H24ClN3O3SSi. The van der Waals surface area contributed by atoms with Crippen LogP contribution in [0.25, 0.3) is 22.4 Å². The van der Waals surface area contributed by atoms with Crippen LogP contribution in [0.5, 0.6) is 0 Å². The molecule has 6 nitrogen and oxygen atoms in total. The van der Waals surface area contributed by atoms with Crippen LogP contribution in [0.3, 0.4) is 0 Å². The number of aromatic nitrogens is 3. The summed E-state index contributed by atoms with van der Waals surface area (Å²) in [6.07, 6.45) is 2.83. The summed E-state index contributed by atoms with van der Waals surface area (Å²) < 4.78 is 31.9. The van der Waals surface area contributed by atoms with Gasteiger partial charge in [-0.15, -0.1) is 0 Å². The third-order valence-electron chi connectivity index (χ3n) is 4.32. The minimum atomic E-state index is -3.40. The van der Waals surface area contributed by atoms with E-state index in [0.29, 0.717) is 40.8 Å². The lowest BCUT2D eigenvalue weighted by molar-refractivity contribution is 0.0895. The average molecular weight is 438 g/mol. The van der Waals surface area contributed by atoms with Crippen molar-refractivity contribution >= 4 is 40.7 Å². The lowest BCUT2D eigenvalue weighted by Crippen LogP contribution is -2.22. The highest BCUT2D eigenvalue weighted by Crippen LogP contribution is 2.31. The van der Waals surface area contributed by atoms with Crippen LogP contribution in [0.1, 0.15) is 0 Å². The molecule has 0 spiro atoms. The summed E-state index contributed by atoms with van der Waals surface area (Å²) in [6.45, 7) is 7.91. The third kappa shape index (κ3) is 4.80. The van der Waals surface area contributed by atoms with Gasteiger partial charge in [-0.3, -0.25) is 4.57 Å². The van der Waals surface area contributed by atoms with E-state index in [1.807, 2.05) is 0 Å². The lowest BCUT2D eigenvalue weighted by atomic mass is 10.1. The summed E-state index contributed by atoms with van der Waals surface area (Å²) in [5.74, 6) is 0. The zero-order valence-electron chi connectivity index (χ0n) is 16.4. The number of fused-ring (bicyclic) bond motifs is 1. The molecule has 0 amide bonds. The van der Waals surface area contributed by atoms with Gasteiger partial charge in [0.25, 0.3) is 0 Å². The largest absolute Gasteiger partial charge is 0.361 e. The maximum absolute atomic E-state index is 12.2. The summed E-state index contributed by atoms with van der Waals surface area (Å²) in [5.41, 5.74) is 2.14. The van der Waals surface area contributed by atoms with Crippen LogP contribution < -0.4 is 0 Å². The number of benzene rings is 1. The molecule has 0 saturated heterocycles. The second-order valence-electron chi connectivity index (χ2n) is 7.99. The van der Waals surface area contributed by atoms with Gasteiger partial charge in [0.1, 0.15) is 12.2 Å². The topological polar surface area (TPSA) is 74.1 Å². The molecule has 150 valence electrons. The van der Waals surface area contributed by atoms with Crippen LogP contribution in [0.2, 0.25) is 30.7 Å². The highest BCUT2D eigenvalue weighted by molar-refractivity contribution is 7.90. The van der Waals surface area contributed by atoms with Crippen molar-refractivity contribution in [3.05, 3.63) is 41.7 Å².